The summed E-state index contributed by atoms with van der Waals surface area (Å²) >= 11 is 0. The summed E-state index contributed by atoms with van der Waals surface area (Å²) in [7, 11) is -1.69. The zero-order chi connectivity index (χ0) is 20.5. The van der Waals surface area contributed by atoms with E-state index in [1.54, 1.807) is 24.1 Å². The first-order chi connectivity index (χ1) is 13.1. The number of alkyl halides is 3. The SMILES string of the molecule is CCS(=O)(=O)c1ccc(Nc2ncc(C(F)(F)F)cn2)c(-c2cn(C)cn2)c1. The molecule has 7 nitrogen and oxygen atoms in total. The number of nitrogens with zero attached hydrogens (tertiary/aromatic N) is 4. The molecule has 148 valence electrons. The Morgan fingerprint density at radius 3 is 2.36 bits per heavy atom. The maximum absolute atomic E-state index is 12.7. The standard InChI is InChI=1S/C17H16F3N5O2S/c1-3-28(26,27)12-4-5-14(13(6-12)15-9-25(2)10-23-15)24-16-21-7-11(8-22-16)17(18,19)20/h4-10H,3H2,1-2H3,(H,21,22,24). The van der Waals surface area contributed by atoms with Gasteiger partial charge in [-0.1, -0.05) is 6.92 Å². The molecule has 0 spiro atoms. The third-order valence-electron chi connectivity index (χ3n) is 3.94. The van der Waals surface area contributed by atoms with Crippen molar-refractivity contribution in [2.45, 2.75) is 18.0 Å². The summed E-state index contributed by atoms with van der Waals surface area (Å²) < 4.78 is 64.1. The molecule has 0 atom stereocenters. The summed E-state index contributed by atoms with van der Waals surface area (Å²) in [4.78, 5) is 11.7. The molecule has 3 aromatic rings. The second-order valence-electron chi connectivity index (χ2n) is 5.95. The second kappa shape index (κ2) is 7.23. The van der Waals surface area contributed by atoms with Gasteiger partial charge < -0.3 is 9.88 Å². The Hall–Kier alpha value is -2.95. The largest absolute Gasteiger partial charge is 0.419 e. The van der Waals surface area contributed by atoms with Crippen molar-refractivity contribution in [2.75, 3.05) is 11.1 Å². The molecule has 0 aliphatic heterocycles. The molecule has 1 aromatic carbocycles. The van der Waals surface area contributed by atoms with Crippen LogP contribution in [0.4, 0.5) is 24.8 Å². The molecule has 0 aliphatic carbocycles. The Kier molecular flexibility index (Phi) is 5.11. The Morgan fingerprint density at radius 2 is 1.82 bits per heavy atom. The zero-order valence-electron chi connectivity index (χ0n) is 14.9. The lowest BCUT2D eigenvalue weighted by atomic mass is 10.1. The minimum Gasteiger partial charge on any atom is -0.340 e. The van der Waals surface area contributed by atoms with Gasteiger partial charge in [0.2, 0.25) is 5.95 Å². The highest BCUT2D eigenvalue weighted by Gasteiger charge is 2.31. The van der Waals surface area contributed by atoms with Gasteiger partial charge in [-0.15, -0.1) is 0 Å². The summed E-state index contributed by atoms with van der Waals surface area (Å²) in [6.45, 7) is 1.54. The molecule has 0 amide bonds. The molecule has 0 aliphatic rings. The zero-order valence-corrected chi connectivity index (χ0v) is 15.7. The van der Waals surface area contributed by atoms with Crippen molar-refractivity contribution in [3.63, 3.8) is 0 Å². The lowest BCUT2D eigenvalue weighted by Gasteiger charge is -2.12. The topological polar surface area (TPSA) is 89.8 Å². The minimum atomic E-state index is -4.53. The fourth-order valence-corrected chi connectivity index (χ4v) is 3.32. The first-order valence-electron chi connectivity index (χ1n) is 8.11. The summed E-state index contributed by atoms with van der Waals surface area (Å²) in [5, 5.41) is 2.82. The number of nitrogens with one attached hydrogen (secondary N) is 1. The van der Waals surface area contributed by atoms with Crippen molar-refractivity contribution in [3.05, 3.63) is 48.7 Å². The van der Waals surface area contributed by atoms with E-state index in [4.69, 9.17) is 0 Å². The number of sulfone groups is 1. The van der Waals surface area contributed by atoms with Crippen LogP contribution < -0.4 is 5.32 Å². The van der Waals surface area contributed by atoms with Crippen LogP contribution in [-0.2, 0) is 23.1 Å². The molecule has 28 heavy (non-hydrogen) atoms. The van der Waals surface area contributed by atoms with Gasteiger partial charge in [0.25, 0.3) is 0 Å². The number of benzene rings is 1. The number of anilines is 2. The van der Waals surface area contributed by atoms with Crippen molar-refractivity contribution >= 4 is 21.5 Å². The number of hydrogen-bond acceptors (Lipinski definition) is 6. The number of halogens is 3. The summed E-state index contributed by atoms with van der Waals surface area (Å²) in [6.07, 6.45) is 0.0520. The fourth-order valence-electron chi connectivity index (χ4n) is 2.42. The fraction of sp³-hybridized carbons (Fsp3) is 0.235. The Balaban J connectivity index is 2.03. The van der Waals surface area contributed by atoms with Gasteiger partial charge in [-0.2, -0.15) is 13.2 Å². The molecule has 0 radical (unpaired) electrons. The predicted molar refractivity (Wildman–Crippen MR) is 96.7 cm³/mol. The molecule has 0 bridgehead atoms. The van der Waals surface area contributed by atoms with Crippen molar-refractivity contribution in [2.24, 2.45) is 7.05 Å². The van der Waals surface area contributed by atoms with E-state index in [0.717, 1.165) is 0 Å². The molecule has 0 fully saturated rings. The second-order valence-corrected chi connectivity index (χ2v) is 8.23. The van der Waals surface area contributed by atoms with Gasteiger partial charge >= 0.3 is 6.18 Å². The van der Waals surface area contributed by atoms with E-state index in [1.165, 1.54) is 25.1 Å². The van der Waals surface area contributed by atoms with Crippen molar-refractivity contribution in [3.8, 4) is 11.3 Å². The van der Waals surface area contributed by atoms with Crippen LogP contribution in [0.15, 0.2) is 48.0 Å². The van der Waals surface area contributed by atoms with E-state index in [9.17, 15) is 21.6 Å². The van der Waals surface area contributed by atoms with E-state index < -0.39 is 21.6 Å². The maximum Gasteiger partial charge on any atom is 0.419 e. The highest BCUT2D eigenvalue weighted by atomic mass is 32.2. The average Bonchev–Trinajstić information content (AvgIpc) is 3.08. The Bertz CT molecular complexity index is 1090. The van der Waals surface area contributed by atoms with Gasteiger partial charge in [-0.05, 0) is 18.2 Å². The number of aromatic nitrogens is 4. The van der Waals surface area contributed by atoms with E-state index in [2.05, 4.69) is 20.3 Å². The van der Waals surface area contributed by atoms with E-state index >= 15 is 0 Å². The minimum absolute atomic E-state index is 0.0590. The van der Waals surface area contributed by atoms with Crippen LogP contribution in [0.3, 0.4) is 0 Å². The van der Waals surface area contributed by atoms with Crippen molar-refractivity contribution < 1.29 is 21.6 Å². The van der Waals surface area contributed by atoms with Gasteiger partial charge in [-0.3, -0.25) is 0 Å². The van der Waals surface area contributed by atoms with E-state index in [1.807, 2.05) is 0 Å². The Morgan fingerprint density at radius 1 is 1.14 bits per heavy atom. The quantitative estimate of drug-likeness (QED) is 0.692. The third kappa shape index (κ3) is 4.14. The first-order valence-corrected chi connectivity index (χ1v) is 9.77. The summed E-state index contributed by atoms with van der Waals surface area (Å²) in [5.41, 5.74) is 0.393. The Labute approximate surface area is 159 Å². The molecule has 2 heterocycles. The van der Waals surface area contributed by atoms with Gasteiger partial charge in [0, 0.05) is 31.2 Å². The normalized spacial score (nSPS) is 12.2. The highest BCUT2D eigenvalue weighted by Crippen LogP contribution is 2.32. The van der Waals surface area contributed by atoms with Gasteiger partial charge in [0.1, 0.15) is 0 Å². The van der Waals surface area contributed by atoms with Crippen molar-refractivity contribution in [1.29, 1.82) is 0 Å². The monoisotopic (exact) mass is 411 g/mol. The van der Waals surface area contributed by atoms with Crippen LogP contribution in [0.5, 0.6) is 0 Å². The van der Waals surface area contributed by atoms with Gasteiger partial charge in [-0.25, -0.2) is 23.4 Å². The molecule has 0 saturated heterocycles. The summed E-state index contributed by atoms with van der Waals surface area (Å²) in [6, 6.07) is 4.39. The van der Waals surface area contributed by atoms with E-state index in [0.29, 0.717) is 29.3 Å². The van der Waals surface area contributed by atoms with Gasteiger partial charge in [0.05, 0.1) is 33.9 Å². The summed E-state index contributed by atoms with van der Waals surface area (Å²) in [5.74, 6) is -0.125. The predicted octanol–water partition coefficient (Wildman–Crippen LogP) is 3.43. The smallest absolute Gasteiger partial charge is 0.340 e. The number of imidazole rings is 1. The van der Waals surface area contributed by atoms with Crippen LogP contribution in [-0.4, -0.2) is 33.7 Å². The first kappa shape index (κ1) is 19.8. The van der Waals surface area contributed by atoms with Crippen LogP contribution in [0.25, 0.3) is 11.3 Å². The highest BCUT2D eigenvalue weighted by molar-refractivity contribution is 7.91. The number of rotatable bonds is 5. The van der Waals surface area contributed by atoms with Gasteiger partial charge in [0.15, 0.2) is 9.84 Å². The van der Waals surface area contributed by atoms with Crippen LogP contribution >= 0.6 is 0 Å². The molecule has 1 N–H and O–H groups in total. The average molecular weight is 411 g/mol. The molecule has 0 saturated carbocycles. The molecule has 3 rings (SSSR count). The van der Waals surface area contributed by atoms with Crippen LogP contribution in [0.1, 0.15) is 12.5 Å². The molecule has 0 unspecified atom stereocenters. The lowest BCUT2D eigenvalue weighted by Crippen LogP contribution is -2.08. The number of hydrogen-bond donors (Lipinski definition) is 1. The lowest BCUT2D eigenvalue weighted by molar-refractivity contribution is -0.138. The van der Waals surface area contributed by atoms with Crippen LogP contribution in [0, 0.1) is 0 Å². The number of aryl methyl sites for hydroxylation is 1. The van der Waals surface area contributed by atoms with E-state index in [-0.39, 0.29) is 16.6 Å². The molecule has 2 aromatic heterocycles. The molecular formula is C17H16F3N5O2S. The maximum atomic E-state index is 12.7. The third-order valence-corrected chi connectivity index (χ3v) is 5.67. The molecular weight excluding hydrogens is 395 g/mol. The van der Waals surface area contributed by atoms with Crippen LogP contribution in [0.2, 0.25) is 0 Å². The van der Waals surface area contributed by atoms with Crippen molar-refractivity contribution in [1.82, 2.24) is 19.5 Å². The molecule has 11 heteroatoms.